The van der Waals surface area contributed by atoms with Crippen molar-refractivity contribution in [2.45, 2.75) is 0 Å². The largest absolute Gasteiger partial charge is 0.810 e. The molecule has 1 rings (SSSR count). The molecule has 0 aliphatic carbocycles. The van der Waals surface area contributed by atoms with E-state index in [4.69, 9.17) is 0 Å². The van der Waals surface area contributed by atoms with Crippen molar-refractivity contribution >= 4 is 7.11 Å². The summed E-state index contributed by atoms with van der Waals surface area (Å²) < 4.78 is 47.6. The fraction of sp³-hybridized carbons (Fsp3) is 0. The van der Waals surface area contributed by atoms with Crippen molar-refractivity contribution in [2.75, 3.05) is 0 Å². The van der Waals surface area contributed by atoms with Crippen molar-refractivity contribution in [1.82, 2.24) is 0 Å². The first-order valence-electron chi connectivity index (χ1n) is 2.86. The second-order valence-corrected chi connectivity index (χ2v) is 2.01. The van der Waals surface area contributed by atoms with Crippen molar-refractivity contribution in [3.63, 3.8) is 0 Å². The third kappa shape index (κ3) is 1.93. The Morgan fingerprint density at radius 1 is 1.27 bits per heavy atom. The van der Waals surface area contributed by atoms with Crippen LogP contribution < -0.4 is 4.48 Å². The Kier molecular flexibility index (Phi) is 1.84. The van der Waals surface area contributed by atoms with Crippen molar-refractivity contribution in [2.24, 2.45) is 0 Å². The highest BCUT2D eigenvalue weighted by Gasteiger charge is 2.40. The van der Waals surface area contributed by atoms with Crippen LogP contribution in [0.1, 0.15) is 0 Å². The maximum atomic E-state index is 12.2. The van der Waals surface area contributed by atoms with E-state index in [0.717, 1.165) is 18.3 Å². The highest BCUT2D eigenvalue weighted by Crippen LogP contribution is 2.02. The molecule has 11 heavy (non-hydrogen) atoms. The minimum absolute atomic E-state index is 0.0880. The molecule has 1 aromatic rings. The van der Waals surface area contributed by atoms with Gasteiger partial charge in [0.15, 0.2) is 12.0 Å². The molecule has 0 aliphatic heterocycles. The number of rotatable bonds is 1. The predicted molar refractivity (Wildman–Crippen MR) is 31.1 cm³/mol. The van der Waals surface area contributed by atoms with Crippen LogP contribution in [0.2, 0.25) is 0 Å². The van der Waals surface area contributed by atoms with Gasteiger partial charge < -0.3 is 17.4 Å². The molecule has 0 atom stereocenters. The van der Waals surface area contributed by atoms with Gasteiger partial charge in [0.1, 0.15) is 6.20 Å². The SMILES string of the molecule is Fc1ccc[n+]([B-](F)(F)F)c1. The number of hydrogen-bond donors (Lipinski definition) is 0. The van der Waals surface area contributed by atoms with Gasteiger partial charge >= 0.3 is 7.11 Å². The molecule has 0 bridgehead atoms. The van der Waals surface area contributed by atoms with Crippen LogP contribution in [-0.4, -0.2) is 7.11 Å². The van der Waals surface area contributed by atoms with Gasteiger partial charge in [-0.2, -0.15) is 0 Å². The molecule has 1 aromatic heterocycles. The molecule has 6 heteroatoms. The molecule has 0 unspecified atom stereocenters. The van der Waals surface area contributed by atoms with Crippen LogP contribution in [0.5, 0.6) is 0 Å². The van der Waals surface area contributed by atoms with Crippen molar-refractivity contribution in [3.05, 3.63) is 30.3 Å². The highest BCUT2D eigenvalue weighted by atomic mass is 19.4. The lowest BCUT2D eigenvalue weighted by atomic mass is 10.1. The van der Waals surface area contributed by atoms with Gasteiger partial charge in [-0.05, 0) is 6.07 Å². The van der Waals surface area contributed by atoms with Crippen molar-refractivity contribution < 1.29 is 21.8 Å². The first kappa shape index (κ1) is 8.04. The maximum absolute atomic E-state index is 12.2. The normalized spacial score (nSPS) is 11.6. The standard InChI is InChI=1S/C5H4BF4N/c7-5-2-1-3-11(4-5)6(8,9)10/h1-4H. The zero-order valence-electron chi connectivity index (χ0n) is 5.35. The fourth-order valence-electron chi connectivity index (χ4n) is 0.645. The number of aromatic nitrogens is 1. The zero-order chi connectivity index (χ0) is 8.48. The number of halogens is 4. The van der Waals surface area contributed by atoms with Gasteiger partial charge in [-0.3, -0.25) is 0 Å². The molecule has 1 nitrogen and oxygen atoms in total. The Balaban J connectivity index is 3.06. The molecule has 0 spiro atoms. The average molecular weight is 165 g/mol. The van der Waals surface area contributed by atoms with Crippen LogP contribution in [0, 0.1) is 5.82 Å². The van der Waals surface area contributed by atoms with Crippen molar-refractivity contribution in [1.29, 1.82) is 0 Å². The summed E-state index contributed by atoms with van der Waals surface area (Å²) in [6.07, 6.45) is 1.17. The molecule has 0 N–H and O–H groups in total. The quantitative estimate of drug-likeness (QED) is 0.436. The predicted octanol–water partition coefficient (Wildman–Crippen LogP) is 1.31. The third-order valence-electron chi connectivity index (χ3n) is 1.12. The van der Waals surface area contributed by atoms with Gasteiger partial charge in [0.05, 0.1) is 0 Å². The summed E-state index contributed by atoms with van der Waals surface area (Å²) in [6.45, 7) is 0. The smallest absolute Gasteiger partial charge is 0.379 e. The minimum atomic E-state index is -5.15. The molecular weight excluding hydrogens is 161 g/mol. The summed E-state index contributed by atoms with van der Waals surface area (Å²) in [7, 11) is -5.15. The monoisotopic (exact) mass is 165 g/mol. The van der Waals surface area contributed by atoms with Crippen LogP contribution in [-0.2, 0) is 0 Å². The maximum Gasteiger partial charge on any atom is 0.810 e. The lowest BCUT2D eigenvalue weighted by Crippen LogP contribution is -2.55. The molecule has 0 aliphatic rings. The first-order valence-corrected chi connectivity index (χ1v) is 2.86. The fourth-order valence-corrected chi connectivity index (χ4v) is 0.645. The number of nitrogens with zero attached hydrogens (tertiary/aromatic N) is 1. The Hall–Kier alpha value is -1.07. The van der Waals surface area contributed by atoms with Crippen LogP contribution in [0.4, 0.5) is 17.3 Å². The Morgan fingerprint density at radius 3 is 2.27 bits per heavy atom. The molecule has 0 aromatic carbocycles. The zero-order valence-corrected chi connectivity index (χ0v) is 5.35. The van der Waals surface area contributed by atoms with Crippen LogP contribution in [0.15, 0.2) is 24.5 Å². The van der Waals surface area contributed by atoms with Gasteiger partial charge in [-0.1, -0.05) is 0 Å². The summed E-state index contributed by atoms with van der Waals surface area (Å²) in [5.41, 5.74) is 0. The van der Waals surface area contributed by atoms with Gasteiger partial charge in [-0.15, -0.1) is 0 Å². The van der Waals surface area contributed by atoms with E-state index in [1.807, 2.05) is 0 Å². The Morgan fingerprint density at radius 2 is 1.91 bits per heavy atom. The van der Waals surface area contributed by atoms with Gasteiger partial charge in [0.2, 0.25) is 0 Å². The molecule has 0 radical (unpaired) electrons. The summed E-state index contributed by atoms with van der Waals surface area (Å²) >= 11 is 0. The van der Waals surface area contributed by atoms with Crippen molar-refractivity contribution in [3.8, 4) is 0 Å². The van der Waals surface area contributed by atoms with E-state index < -0.39 is 12.9 Å². The van der Waals surface area contributed by atoms with E-state index in [1.165, 1.54) is 0 Å². The van der Waals surface area contributed by atoms with E-state index >= 15 is 0 Å². The second-order valence-electron chi connectivity index (χ2n) is 2.01. The number of pyridine rings is 1. The average Bonchev–Trinajstić information content (AvgIpc) is 1.86. The van der Waals surface area contributed by atoms with Gasteiger partial charge in [0.25, 0.3) is 0 Å². The van der Waals surface area contributed by atoms with E-state index in [2.05, 4.69) is 0 Å². The topological polar surface area (TPSA) is 3.88 Å². The van der Waals surface area contributed by atoms with E-state index in [9.17, 15) is 17.3 Å². The molecule has 0 saturated heterocycles. The minimum Gasteiger partial charge on any atom is -0.379 e. The molecule has 60 valence electrons. The lowest BCUT2D eigenvalue weighted by molar-refractivity contribution is -0.577. The van der Waals surface area contributed by atoms with Crippen LogP contribution >= 0.6 is 0 Å². The summed E-state index contributed by atoms with van der Waals surface area (Å²) in [4.78, 5) is 0. The van der Waals surface area contributed by atoms with Crippen LogP contribution in [0.3, 0.4) is 0 Å². The van der Waals surface area contributed by atoms with Gasteiger partial charge in [-0.25, -0.2) is 4.39 Å². The molecular formula is C5H4BF4N. The Bertz CT molecular complexity index is 259. The lowest BCUT2D eigenvalue weighted by Gasteiger charge is -2.06. The summed E-state index contributed by atoms with van der Waals surface area (Å²) in [6, 6.07) is 1.96. The number of hydrogen-bond acceptors (Lipinski definition) is 0. The molecule has 0 saturated carbocycles. The molecule has 0 fully saturated rings. The van der Waals surface area contributed by atoms with Crippen LogP contribution in [0.25, 0.3) is 0 Å². The molecule has 1 heterocycles. The first-order chi connectivity index (χ1) is 5.00. The summed E-state index contributed by atoms with van der Waals surface area (Å²) in [5.74, 6) is -0.897. The van der Waals surface area contributed by atoms with E-state index in [-0.39, 0.29) is 4.48 Å². The summed E-state index contributed by atoms with van der Waals surface area (Å²) in [5, 5.41) is 0. The highest BCUT2D eigenvalue weighted by molar-refractivity contribution is 6.48. The van der Waals surface area contributed by atoms with E-state index in [1.54, 1.807) is 0 Å². The third-order valence-corrected chi connectivity index (χ3v) is 1.12. The van der Waals surface area contributed by atoms with E-state index in [0.29, 0.717) is 6.20 Å². The van der Waals surface area contributed by atoms with Gasteiger partial charge in [0, 0.05) is 6.07 Å². The Labute approximate surface area is 60.4 Å². The second kappa shape index (κ2) is 2.52. The molecule has 0 amide bonds.